The fraction of sp³-hybridized carbons (Fsp3) is 0. The van der Waals surface area contributed by atoms with Crippen LogP contribution in [0.4, 0.5) is 0 Å². The van der Waals surface area contributed by atoms with Gasteiger partial charge in [0.1, 0.15) is 11.5 Å². The Hall–Kier alpha value is -4.88. The van der Waals surface area contributed by atoms with Gasteiger partial charge < -0.3 is 4.74 Å². The molecule has 0 saturated carbocycles. The van der Waals surface area contributed by atoms with Crippen LogP contribution in [0.2, 0.25) is 0 Å². The van der Waals surface area contributed by atoms with Crippen molar-refractivity contribution >= 4 is 32.3 Å². The van der Waals surface area contributed by atoms with Crippen LogP contribution in [0.1, 0.15) is 5.48 Å². The normalized spacial score (nSPS) is 13.5. The number of hydrogen-bond donors (Lipinski definition) is 0. The third-order valence-electron chi connectivity index (χ3n) is 7.31. The van der Waals surface area contributed by atoms with Gasteiger partial charge in [0.2, 0.25) is 0 Å². The molecule has 1 heterocycles. The van der Waals surface area contributed by atoms with Crippen LogP contribution in [-0.4, -0.2) is 0 Å². The fourth-order valence-corrected chi connectivity index (χ4v) is 5.79. The molecule has 7 aromatic carbocycles. The van der Waals surface area contributed by atoms with Crippen molar-refractivity contribution in [2.45, 2.75) is 0 Å². The predicted molar refractivity (Wildman–Crippen MR) is 155 cm³/mol. The summed E-state index contributed by atoms with van der Waals surface area (Å²) >= 11 is 0. The molecule has 1 aliphatic rings. The summed E-state index contributed by atoms with van der Waals surface area (Å²) in [7, 11) is 0. The Bertz CT molecular complexity index is 2150. The van der Waals surface area contributed by atoms with Crippen molar-refractivity contribution in [3.8, 4) is 44.9 Å². The predicted octanol–water partition coefficient (Wildman–Crippen LogP) is 10.3. The molecule has 0 fully saturated rings. The van der Waals surface area contributed by atoms with Gasteiger partial charge in [-0.1, -0.05) is 115 Å². The van der Waals surface area contributed by atoms with Crippen LogP contribution in [0.15, 0.2) is 133 Å². The summed E-state index contributed by atoms with van der Waals surface area (Å²) in [5.74, 6) is 1.56. The molecule has 0 aromatic heterocycles. The van der Waals surface area contributed by atoms with E-state index >= 15 is 0 Å². The van der Waals surface area contributed by atoms with Gasteiger partial charge in [0.15, 0.2) is 0 Å². The van der Waals surface area contributed by atoms with Gasteiger partial charge in [-0.2, -0.15) is 0 Å². The first-order chi connectivity index (χ1) is 20.0. The Labute approximate surface area is 220 Å². The highest BCUT2D eigenvalue weighted by molar-refractivity contribution is 6.24. The Morgan fingerprint density at radius 3 is 1.76 bits per heavy atom. The zero-order chi connectivity index (χ0) is 27.8. The second kappa shape index (κ2) is 7.81. The molecule has 0 unspecified atom stereocenters. The highest BCUT2D eigenvalue weighted by Gasteiger charge is 2.23. The van der Waals surface area contributed by atoms with Gasteiger partial charge in [0, 0.05) is 10.9 Å². The second-order valence-electron chi connectivity index (χ2n) is 9.30. The van der Waals surface area contributed by atoms with Crippen LogP contribution in [0.3, 0.4) is 0 Å². The summed E-state index contributed by atoms with van der Waals surface area (Å²) in [4.78, 5) is 0. The van der Waals surface area contributed by atoms with E-state index in [-0.39, 0.29) is 24.2 Å². The number of benzene rings is 7. The van der Waals surface area contributed by atoms with E-state index in [1.807, 2.05) is 66.7 Å². The van der Waals surface area contributed by atoms with Crippen molar-refractivity contribution in [1.82, 2.24) is 0 Å². The molecule has 0 spiro atoms. The van der Waals surface area contributed by atoms with E-state index in [2.05, 4.69) is 18.2 Å². The maximum absolute atomic E-state index is 9.13. The quantitative estimate of drug-likeness (QED) is 0.226. The molecule has 1 nitrogen and oxygen atoms in total. The zero-order valence-electron chi connectivity index (χ0n) is 23.8. The van der Waals surface area contributed by atoms with E-state index in [1.54, 1.807) is 24.3 Å². The lowest BCUT2D eigenvalue weighted by Gasteiger charge is -2.24. The van der Waals surface area contributed by atoms with Gasteiger partial charge in [0.25, 0.3) is 0 Å². The highest BCUT2D eigenvalue weighted by Crippen LogP contribution is 2.51. The molecule has 1 heteroatoms. The first-order valence-corrected chi connectivity index (χ1v) is 12.4. The average Bonchev–Trinajstić information content (AvgIpc) is 3.00. The lowest BCUT2D eigenvalue weighted by Crippen LogP contribution is -1.98. The molecule has 0 N–H and O–H groups in total. The van der Waals surface area contributed by atoms with Crippen molar-refractivity contribution in [3.05, 3.63) is 133 Å². The summed E-state index contributed by atoms with van der Waals surface area (Å²) < 4.78 is 42.7. The average molecular weight is 475 g/mol. The van der Waals surface area contributed by atoms with Crippen LogP contribution in [-0.2, 0) is 0 Å². The van der Waals surface area contributed by atoms with Crippen molar-refractivity contribution in [2.24, 2.45) is 0 Å². The summed E-state index contributed by atoms with van der Waals surface area (Å²) in [5, 5.41) is 4.37. The van der Waals surface area contributed by atoms with Gasteiger partial charge in [-0.25, -0.2) is 0 Å². The monoisotopic (exact) mass is 474 g/mol. The van der Waals surface area contributed by atoms with Crippen molar-refractivity contribution in [2.75, 3.05) is 0 Å². The number of rotatable bonds is 2. The topological polar surface area (TPSA) is 9.23 Å². The number of para-hydroxylation sites is 1. The molecular formula is C36H22O. The zero-order valence-corrected chi connectivity index (χ0v) is 19.8. The van der Waals surface area contributed by atoms with E-state index in [1.165, 1.54) is 0 Å². The summed E-state index contributed by atoms with van der Waals surface area (Å²) in [6.07, 6.45) is 0. The molecule has 0 bridgehead atoms. The minimum absolute atomic E-state index is 0.280. The molecule has 0 aliphatic carbocycles. The van der Waals surface area contributed by atoms with E-state index in [0.717, 1.165) is 50.1 Å². The van der Waals surface area contributed by atoms with Gasteiger partial charge in [0.05, 0.1) is 5.48 Å². The van der Waals surface area contributed by atoms with Gasteiger partial charge in [-0.15, -0.1) is 0 Å². The van der Waals surface area contributed by atoms with Crippen LogP contribution in [0, 0.1) is 0 Å². The number of fused-ring (bicyclic) bond motifs is 4. The summed E-state index contributed by atoms with van der Waals surface area (Å²) in [6.45, 7) is 0. The van der Waals surface area contributed by atoms with Crippen LogP contribution in [0.25, 0.3) is 65.7 Å². The smallest absolute Gasteiger partial charge is 0.135 e. The minimum atomic E-state index is 0.280. The molecule has 0 saturated heterocycles. The number of ether oxygens (including phenoxy) is 1. The SMILES string of the molecule is [2H]c1ccc([2H])c2c(-c3ccc4c5c(cccc35)-c3ccccc3O4)c3c([2H])ccc([2H])c3c(-c3ccccc3)c12. The second-order valence-corrected chi connectivity index (χ2v) is 9.30. The molecule has 1 aliphatic heterocycles. The largest absolute Gasteiger partial charge is 0.456 e. The molecule has 8 rings (SSSR count). The van der Waals surface area contributed by atoms with Crippen LogP contribution >= 0.6 is 0 Å². The van der Waals surface area contributed by atoms with Crippen molar-refractivity contribution in [3.63, 3.8) is 0 Å². The molecule has 0 amide bonds. The number of hydrogen-bond acceptors (Lipinski definition) is 1. The van der Waals surface area contributed by atoms with Gasteiger partial charge in [-0.3, -0.25) is 0 Å². The Morgan fingerprint density at radius 1 is 0.405 bits per heavy atom. The van der Waals surface area contributed by atoms with Crippen molar-refractivity contribution < 1.29 is 10.2 Å². The molecule has 0 radical (unpaired) electrons. The van der Waals surface area contributed by atoms with Crippen molar-refractivity contribution in [1.29, 1.82) is 0 Å². The minimum Gasteiger partial charge on any atom is -0.456 e. The molecule has 37 heavy (non-hydrogen) atoms. The van der Waals surface area contributed by atoms with E-state index in [0.29, 0.717) is 27.1 Å². The first-order valence-electron chi connectivity index (χ1n) is 14.4. The summed E-state index contributed by atoms with van der Waals surface area (Å²) in [6, 6.07) is 35.7. The van der Waals surface area contributed by atoms with Gasteiger partial charge in [-0.05, 0) is 72.9 Å². The molecule has 0 atom stereocenters. The van der Waals surface area contributed by atoms with E-state index in [4.69, 9.17) is 10.2 Å². The standard InChI is InChI=1S/C36H22O/c1-2-11-23(12-3-1)34-26-14-4-6-16-28(26)35(29-17-7-5-15-27(29)34)31-21-22-33-36-25(18-10-19-30(31)36)24-13-8-9-20-32(24)37-33/h1-22H/i14D,15D,16D,17D. The fourth-order valence-electron chi connectivity index (χ4n) is 5.79. The maximum atomic E-state index is 9.13. The maximum Gasteiger partial charge on any atom is 0.135 e. The Kier molecular flexibility index (Phi) is 3.53. The molecule has 172 valence electrons. The third-order valence-corrected chi connectivity index (χ3v) is 7.31. The first kappa shape index (κ1) is 16.7. The lowest BCUT2D eigenvalue weighted by molar-refractivity contribution is 0.487. The van der Waals surface area contributed by atoms with E-state index < -0.39 is 0 Å². The van der Waals surface area contributed by atoms with Gasteiger partial charge >= 0.3 is 0 Å². The molecule has 7 aromatic rings. The van der Waals surface area contributed by atoms with Crippen LogP contribution in [0.5, 0.6) is 11.5 Å². The van der Waals surface area contributed by atoms with Crippen LogP contribution < -0.4 is 4.74 Å². The highest BCUT2D eigenvalue weighted by atomic mass is 16.5. The Balaban J connectivity index is 1.62. The third kappa shape index (κ3) is 2.92. The molecular weight excluding hydrogens is 448 g/mol. The van der Waals surface area contributed by atoms with E-state index in [9.17, 15) is 0 Å². The summed E-state index contributed by atoms with van der Waals surface area (Å²) in [5.41, 5.74) is 5.21. The Morgan fingerprint density at radius 2 is 1.03 bits per heavy atom. The lowest BCUT2D eigenvalue weighted by atomic mass is 9.83.